The molecule has 1 aromatic carbocycles. The van der Waals surface area contributed by atoms with Gasteiger partial charge < -0.3 is 4.57 Å². The molecule has 0 N–H and O–H groups in total. The van der Waals surface area contributed by atoms with Crippen LogP contribution in [0.2, 0.25) is 5.02 Å². The summed E-state index contributed by atoms with van der Waals surface area (Å²) >= 11 is 5.94. The minimum absolute atomic E-state index is 0.682. The second kappa shape index (κ2) is 4.18. The summed E-state index contributed by atoms with van der Waals surface area (Å²) in [6, 6.07) is 11.7. The molecule has 0 saturated heterocycles. The molecular formula is C13H10ClN3. The van der Waals surface area contributed by atoms with E-state index in [-0.39, 0.29) is 0 Å². The zero-order valence-corrected chi connectivity index (χ0v) is 9.80. The molecule has 2 aromatic heterocycles. The van der Waals surface area contributed by atoms with Crippen molar-refractivity contribution in [2.75, 3.05) is 0 Å². The van der Waals surface area contributed by atoms with Crippen LogP contribution in [0.4, 0.5) is 0 Å². The Morgan fingerprint density at radius 2 is 2.00 bits per heavy atom. The van der Waals surface area contributed by atoms with Gasteiger partial charge in [0, 0.05) is 11.2 Å². The predicted octanol–water partition coefficient (Wildman–Crippen LogP) is 3.13. The van der Waals surface area contributed by atoms with E-state index in [0.717, 1.165) is 16.7 Å². The van der Waals surface area contributed by atoms with Gasteiger partial charge in [0.05, 0.1) is 29.6 Å². The number of imidazole rings is 1. The van der Waals surface area contributed by atoms with Gasteiger partial charge >= 0.3 is 0 Å². The Balaban J connectivity index is 2.00. The van der Waals surface area contributed by atoms with E-state index in [0.29, 0.717) is 11.6 Å². The minimum Gasteiger partial charge on any atom is -0.324 e. The normalized spacial score (nSPS) is 10.9. The molecule has 0 radical (unpaired) electrons. The average Bonchev–Trinajstić information content (AvgIpc) is 2.73. The molecular weight excluding hydrogens is 234 g/mol. The van der Waals surface area contributed by atoms with Gasteiger partial charge in [0.2, 0.25) is 0 Å². The Kier molecular flexibility index (Phi) is 2.53. The van der Waals surface area contributed by atoms with Crippen LogP contribution in [0.3, 0.4) is 0 Å². The van der Waals surface area contributed by atoms with Crippen molar-refractivity contribution in [1.82, 2.24) is 14.5 Å². The maximum Gasteiger partial charge on any atom is 0.0962 e. The molecule has 3 aromatic rings. The number of para-hydroxylation sites is 2. The van der Waals surface area contributed by atoms with Gasteiger partial charge in [-0.3, -0.25) is 4.98 Å². The first-order valence-electron chi connectivity index (χ1n) is 5.33. The summed E-state index contributed by atoms with van der Waals surface area (Å²) in [5.74, 6) is 0. The molecule has 17 heavy (non-hydrogen) atoms. The molecule has 0 atom stereocenters. The van der Waals surface area contributed by atoms with Crippen LogP contribution in [0.25, 0.3) is 11.0 Å². The standard InChI is InChI=1S/C13H10ClN3/c14-10-5-6-15-11(7-10)8-17-9-16-12-3-1-2-4-13(12)17/h1-7,9H,8H2. The van der Waals surface area contributed by atoms with Crippen molar-refractivity contribution >= 4 is 22.6 Å². The van der Waals surface area contributed by atoms with Gasteiger partial charge in [-0.15, -0.1) is 0 Å². The van der Waals surface area contributed by atoms with Crippen molar-refractivity contribution in [3.63, 3.8) is 0 Å². The van der Waals surface area contributed by atoms with Gasteiger partial charge in [0.1, 0.15) is 0 Å². The Labute approximate surface area is 104 Å². The lowest BCUT2D eigenvalue weighted by atomic mass is 10.3. The highest BCUT2D eigenvalue weighted by atomic mass is 35.5. The van der Waals surface area contributed by atoms with E-state index in [4.69, 9.17) is 11.6 Å². The van der Waals surface area contributed by atoms with Gasteiger partial charge in [0.25, 0.3) is 0 Å². The van der Waals surface area contributed by atoms with Gasteiger partial charge in [0.15, 0.2) is 0 Å². The van der Waals surface area contributed by atoms with Crippen LogP contribution in [0, 0.1) is 0 Å². The summed E-state index contributed by atoms with van der Waals surface area (Å²) in [6.45, 7) is 0.682. The quantitative estimate of drug-likeness (QED) is 0.692. The first kappa shape index (κ1) is 10.3. The van der Waals surface area contributed by atoms with Crippen molar-refractivity contribution in [3.8, 4) is 0 Å². The molecule has 0 aliphatic heterocycles. The van der Waals surface area contributed by atoms with Crippen LogP contribution in [0.15, 0.2) is 48.9 Å². The van der Waals surface area contributed by atoms with E-state index in [2.05, 4.69) is 14.5 Å². The number of hydrogen-bond donors (Lipinski definition) is 0. The summed E-state index contributed by atoms with van der Waals surface area (Å²) in [6.07, 6.45) is 3.55. The topological polar surface area (TPSA) is 30.7 Å². The smallest absolute Gasteiger partial charge is 0.0962 e. The highest BCUT2D eigenvalue weighted by molar-refractivity contribution is 6.30. The molecule has 0 unspecified atom stereocenters. The van der Waals surface area contributed by atoms with Crippen molar-refractivity contribution in [2.24, 2.45) is 0 Å². The van der Waals surface area contributed by atoms with Gasteiger partial charge in [-0.1, -0.05) is 23.7 Å². The number of halogens is 1. The Bertz CT molecular complexity index is 660. The average molecular weight is 244 g/mol. The first-order chi connectivity index (χ1) is 8.33. The second-order valence-corrected chi connectivity index (χ2v) is 4.26. The molecule has 3 rings (SSSR count). The number of fused-ring (bicyclic) bond motifs is 1. The molecule has 0 aliphatic rings. The van der Waals surface area contributed by atoms with Crippen molar-refractivity contribution < 1.29 is 0 Å². The lowest BCUT2D eigenvalue weighted by molar-refractivity contribution is 0.797. The molecule has 4 heteroatoms. The molecule has 0 spiro atoms. The van der Waals surface area contributed by atoms with Crippen LogP contribution in [0.1, 0.15) is 5.69 Å². The van der Waals surface area contributed by atoms with Crippen LogP contribution < -0.4 is 0 Å². The van der Waals surface area contributed by atoms with Gasteiger partial charge in [-0.05, 0) is 24.3 Å². The number of rotatable bonds is 2. The summed E-state index contributed by atoms with van der Waals surface area (Å²) < 4.78 is 2.06. The molecule has 0 saturated carbocycles. The predicted molar refractivity (Wildman–Crippen MR) is 68.1 cm³/mol. The minimum atomic E-state index is 0.682. The summed E-state index contributed by atoms with van der Waals surface area (Å²) in [5.41, 5.74) is 3.03. The Morgan fingerprint density at radius 1 is 1.12 bits per heavy atom. The molecule has 0 amide bonds. The van der Waals surface area contributed by atoms with Crippen LogP contribution >= 0.6 is 11.6 Å². The number of nitrogens with zero attached hydrogens (tertiary/aromatic N) is 3. The maximum atomic E-state index is 5.94. The SMILES string of the molecule is Clc1ccnc(Cn2cnc3ccccc32)c1. The van der Waals surface area contributed by atoms with Crippen LogP contribution in [-0.4, -0.2) is 14.5 Å². The number of benzene rings is 1. The summed E-state index contributed by atoms with van der Waals surface area (Å²) in [7, 11) is 0. The van der Waals surface area contributed by atoms with E-state index in [1.165, 1.54) is 0 Å². The lowest BCUT2D eigenvalue weighted by Crippen LogP contribution is -1.99. The van der Waals surface area contributed by atoms with Crippen molar-refractivity contribution in [1.29, 1.82) is 0 Å². The van der Waals surface area contributed by atoms with Gasteiger partial charge in [-0.25, -0.2) is 4.98 Å². The van der Waals surface area contributed by atoms with E-state index >= 15 is 0 Å². The first-order valence-corrected chi connectivity index (χ1v) is 5.71. The highest BCUT2D eigenvalue weighted by Crippen LogP contribution is 2.14. The zero-order chi connectivity index (χ0) is 11.7. The second-order valence-electron chi connectivity index (χ2n) is 3.83. The van der Waals surface area contributed by atoms with Crippen LogP contribution in [0.5, 0.6) is 0 Å². The van der Waals surface area contributed by atoms with E-state index in [9.17, 15) is 0 Å². The van der Waals surface area contributed by atoms with E-state index in [1.807, 2.05) is 36.7 Å². The summed E-state index contributed by atoms with van der Waals surface area (Å²) in [5, 5.41) is 0.708. The number of aromatic nitrogens is 3. The molecule has 0 fully saturated rings. The third-order valence-corrected chi connectivity index (χ3v) is 2.87. The molecule has 0 bridgehead atoms. The highest BCUT2D eigenvalue weighted by Gasteiger charge is 2.03. The fraction of sp³-hybridized carbons (Fsp3) is 0.0769. The number of pyridine rings is 1. The van der Waals surface area contributed by atoms with Crippen molar-refractivity contribution in [2.45, 2.75) is 6.54 Å². The summed E-state index contributed by atoms with van der Waals surface area (Å²) in [4.78, 5) is 8.63. The number of hydrogen-bond acceptors (Lipinski definition) is 2. The molecule has 84 valence electrons. The van der Waals surface area contributed by atoms with Crippen molar-refractivity contribution in [3.05, 3.63) is 59.6 Å². The Morgan fingerprint density at radius 3 is 2.88 bits per heavy atom. The lowest BCUT2D eigenvalue weighted by Gasteiger charge is -2.03. The molecule has 3 nitrogen and oxygen atoms in total. The third kappa shape index (κ3) is 2.01. The van der Waals surface area contributed by atoms with E-state index in [1.54, 1.807) is 12.3 Å². The fourth-order valence-corrected chi connectivity index (χ4v) is 2.03. The monoisotopic (exact) mass is 243 g/mol. The van der Waals surface area contributed by atoms with Gasteiger partial charge in [-0.2, -0.15) is 0 Å². The largest absolute Gasteiger partial charge is 0.324 e. The zero-order valence-electron chi connectivity index (χ0n) is 9.05. The molecule has 0 aliphatic carbocycles. The molecule has 2 heterocycles. The Hall–Kier alpha value is -1.87. The third-order valence-electron chi connectivity index (χ3n) is 2.64. The fourth-order valence-electron chi connectivity index (χ4n) is 1.85. The van der Waals surface area contributed by atoms with E-state index < -0.39 is 0 Å². The maximum absolute atomic E-state index is 5.94. The van der Waals surface area contributed by atoms with Crippen LogP contribution in [-0.2, 0) is 6.54 Å².